The zero-order chi connectivity index (χ0) is 20.7. The van der Waals surface area contributed by atoms with Crippen LogP contribution in [0.4, 0.5) is 0 Å². The molecule has 0 bridgehead atoms. The summed E-state index contributed by atoms with van der Waals surface area (Å²) in [6.45, 7) is -0.121. The fourth-order valence-electron chi connectivity index (χ4n) is 3.27. The molecule has 29 heavy (non-hydrogen) atoms. The van der Waals surface area contributed by atoms with Crippen molar-refractivity contribution < 1.29 is 23.7 Å². The van der Waals surface area contributed by atoms with Gasteiger partial charge in [0.15, 0.2) is 0 Å². The lowest BCUT2D eigenvalue weighted by atomic mass is 9.52. The predicted octanol–water partition coefficient (Wildman–Crippen LogP) is 2.29. The Bertz CT molecular complexity index is 867. The number of hydrogen-bond donors (Lipinski definition) is 0. The summed E-state index contributed by atoms with van der Waals surface area (Å²) in [5, 5.41) is -1.35. The number of nitrogens with zero attached hydrogens (tertiary/aromatic N) is 1. The lowest BCUT2D eigenvalue weighted by Crippen LogP contribution is -2.54. The number of rotatable bonds is 6. The summed E-state index contributed by atoms with van der Waals surface area (Å²) in [7, 11) is 0.270. The molecule has 0 aromatic heterocycles. The van der Waals surface area contributed by atoms with Crippen molar-refractivity contribution in [2.24, 2.45) is 0 Å². The van der Waals surface area contributed by atoms with Crippen molar-refractivity contribution in [3.8, 4) is 0 Å². The van der Waals surface area contributed by atoms with Crippen LogP contribution in [-0.4, -0.2) is 50.4 Å². The summed E-state index contributed by atoms with van der Waals surface area (Å²) < 4.78 is 10.9. The normalized spacial score (nSPS) is 17.8. The zero-order valence-electron chi connectivity index (χ0n) is 16.2. The van der Waals surface area contributed by atoms with Gasteiger partial charge in [0, 0.05) is 0 Å². The molecule has 0 radical (unpaired) electrons. The van der Waals surface area contributed by atoms with E-state index in [2.05, 4.69) is 0 Å². The highest BCUT2D eigenvalue weighted by Crippen LogP contribution is 2.32. The molecule has 1 saturated heterocycles. The summed E-state index contributed by atoms with van der Waals surface area (Å²) in [4.78, 5) is 38.4. The minimum Gasteiger partial charge on any atom is -0.497 e. The van der Waals surface area contributed by atoms with Gasteiger partial charge in [-0.3, -0.25) is 14.5 Å². The van der Waals surface area contributed by atoms with Crippen LogP contribution in [0.25, 0.3) is 6.08 Å². The first-order valence-electron chi connectivity index (χ1n) is 9.34. The van der Waals surface area contributed by atoms with Gasteiger partial charge in [-0.25, -0.2) is 0 Å². The van der Waals surface area contributed by atoms with E-state index in [1.54, 1.807) is 31.3 Å². The fraction of sp³-hybridized carbons (Fsp3) is 0.227. The molecule has 0 amide bonds. The molecule has 0 spiro atoms. The second-order valence-electron chi connectivity index (χ2n) is 7.03. The van der Waals surface area contributed by atoms with Crippen molar-refractivity contribution in [3.05, 3.63) is 77.9 Å². The highest BCUT2D eigenvalue weighted by Gasteiger charge is 2.53. The van der Waals surface area contributed by atoms with Crippen LogP contribution in [0.3, 0.4) is 0 Å². The van der Waals surface area contributed by atoms with E-state index >= 15 is 0 Å². The Morgan fingerprint density at radius 2 is 1.52 bits per heavy atom. The lowest BCUT2D eigenvalue weighted by molar-refractivity contribution is -0.146. The van der Waals surface area contributed by atoms with Gasteiger partial charge in [0.05, 0.1) is 13.1 Å². The Labute approximate surface area is 170 Å². The second-order valence-corrected chi connectivity index (χ2v) is 7.03. The molecule has 2 aromatic carbocycles. The lowest BCUT2D eigenvalue weighted by Gasteiger charge is -2.32. The number of benzene rings is 2. The highest BCUT2D eigenvalue weighted by molar-refractivity contribution is 6.57. The van der Waals surface area contributed by atoms with Gasteiger partial charge in [-0.2, -0.15) is 0 Å². The molecule has 0 aliphatic carbocycles. The molecule has 0 N–H and O–H groups in total. The van der Waals surface area contributed by atoms with Gasteiger partial charge < -0.3 is 14.1 Å². The molecule has 6 nitrogen and oxygen atoms in total. The zero-order valence-corrected chi connectivity index (χ0v) is 16.2. The molecule has 1 atom stereocenters. The molecule has 1 fully saturated rings. The highest BCUT2D eigenvalue weighted by atomic mass is 16.6. The molecule has 7 heteroatoms. The number of hydrogen-bond acceptors (Lipinski definition) is 6. The largest absolute Gasteiger partial charge is 0.617 e. The maximum Gasteiger partial charge on any atom is 0.617 e. The minimum absolute atomic E-state index is 0.0603. The first kappa shape index (κ1) is 20.5. The van der Waals surface area contributed by atoms with Crippen LogP contribution in [0.1, 0.15) is 17.5 Å². The minimum atomic E-state index is -1.35. The summed E-state index contributed by atoms with van der Waals surface area (Å²) in [5.74, 6) is -1.11. The second kappa shape index (κ2) is 9.34. The number of carbonyl (C=O) groups excluding carboxylic acids is 3. The van der Waals surface area contributed by atoms with E-state index in [9.17, 15) is 14.4 Å². The van der Waals surface area contributed by atoms with Crippen LogP contribution in [0, 0.1) is 0 Å². The average molecular weight is 391 g/mol. The quantitative estimate of drug-likeness (QED) is 0.556. The van der Waals surface area contributed by atoms with Crippen LogP contribution < -0.4 is 0 Å². The Morgan fingerprint density at radius 3 is 2.07 bits per heavy atom. The first-order valence-corrected chi connectivity index (χ1v) is 9.34. The summed E-state index contributed by atoms with van der Waals surface area (Å²) in [5.41, 5.74) is 1.57. The average Bonchev–Trinajstić information content (AvgIpc) is 2.71. The van der Waals surface area contributed by atoms with Crippen molar-refractivity contribution >= 4 is 31.4 Å². The first-order chi connectivity index (χ1) is 14.0. The van der Waals surface area contributed by atoms with Gasteiger partial charge in [0.2, 0.25) is 0 Å². The van der Waals surface area contributed by atoms with Crippen molar-refractivity contribution in [3.63, 3.8) is 0 Å². The molecule has 1 aliphatic heterocycles. The third-order valence-corrected chi connectivity index (χ3v) is 4.78. The third-order valence-electron chi connectivity index (χ3n) is 4.78. The Kier molecular flexibility index (Phi) is 6.62. The van der Waals surface area contributed by atoms with Crippen LogP contribution >= 0.6 is 0 Å². The number of carbonyl (C=O) groups is 3. The third kappa shape index (κ3) is 5.00. The van der Waals surface area contributed by atoms with Crippen LogP contribution in [-0.2, 0) is 29.0 Å². The monoisotopic (exact) mass is 391 g/mol. The molecule has 3 rings (SSSR count). The number of likely N-dealkylation sites (N-methyl/N-ethyl adjacent to an activating group) is 1. The van der Waals surface area contributed by atoms with E-state index in [0.29, 0.717) is 11.8 Å². The van der Waals surface area contributed by atoms with Crippen molar-refractivity contribution in [1.82, 2.24) is 4.90 Å². The maximum atomic E-state index is 12.4. The predicted molar refractivity (Wildman–Crippen MR) is 110 cm³/mol. The SMILES string of the molecule is CN1CC(=O)OB(C(C=O)(C/C=C/c2ccccc2)c2ccccc2)OC(=O)C1. The van der Waals surface area contributed by atoms with Crippen molar-refractivity contribution in [1.29, 1.82) is 0 Å². The van der Waals surface area contributed by atoms with Gasteiger partial charge in [-0.1, -0.05) is 72.8 Å². The van der Waals surface area contributed by atoms with E-state index in [4.69, 9.17) is 9.31 Å². The van der Waals surface area contributed by atoms with Gasteiger partial charge in [-0.05, 0) is 24.6 Å². The van der Waals surface area contributed by atoms with E-state index in [0.717, 1.165) is 5.56 Å². The van der Waals surface area contributed by atoms with Crippen molar-refractivity contribution in [2.45, 2.75) is 11.7 Å². The van der Waals surface area contributed by atoms with Gasteiger partial charge in [0.1, 0.15) is 11.6 Å². The molecule has 1 heterocycles. The standard InChI is InChI=1S/C22H22BNO5/c1-24-15-20(26)28-23(29-21(27)16-24)22(17-25,19-12-6-3-7-13-19)14-8-11-18-9-4-2-5-10-18/h2-13,17H,14-16H2,1H3/b11-8+. The topological polar surface area (TPSA) is 72.9 Å². The Hall–Kier alpha value is -3.19. The van der Waals surface area contributed by atoms with E-state index in [1.807, 2.05) is 48.6 Å². The number of allylic oxidation sites excluding steroid dienone is 1. The van der Waals surface area contributed by atoms with Gasteiger partial charge in [-0.15, -0.1) is 0 Å². The maximum absolute atomic E-state index is 12.4. The molecule has 0 saturated carbocycles. The van der Waals surface area contributed by atoms with Gasteiger partial charge in [0.25, 0.3) is 0 Å². The van der Waals surface area contributed by atoms with E-state index in [-0.39, 0.29) is 19.5 Å². The Balaban J connectivity index is 1.97. The van der Waals surface area contributed by atoms with Crippen LogP contribution in [0.2, 0.25) is 0 Å². The molecule has 1 unspecified atom stereocenters. The summed E-state index contributed by atoms with van der Waals surface area (Å²) >= 11 is 0. The molecule has 1 aliphatic rings. The molecule has 2 aromatic rings. The fourth-order valence-corrected chi connectivity index (χ4v) is 3.27. The molecular weight excluding hydrogens is 369 g/mol. The van der Waals surface area contributed by atoms with E-state index < -0.39 is 24.4 Å². The number of aldehydes is 1. The van der Waals surface area contributed by atoms with E-state index in [1.165, 1.54) is 4.90 Å². The van der Waals surface area contributed by atoms with Crippen LogP contribution in [0.15, 0.2) is 66.7 Å². The Morgan fingerprint density at radius 1 is 0.966 bits per heavy atom. The van der Waals surface area contributed by atoms with Crippen LogP contribution in [0.5, 0.6) is 0 Å². The van der Waals surface area contributed by atoms with Gasteiger partial charge >= 0.3 is 19.1 Å². The molecular formula is C22H22BNO5. The smallest absolute Gasteiger partial charge is 0.497 e. The summed E-state index contributed by atoms with van der Waals surface area (Å²) in [6, 6.07) is 18.5. The van der Waals surface area contributed by atoms with Crippen molar-refractivity contribution in [2.75, 3.05) is 20.1 Å². The molecule has 148 valence electrons. The summed E-state index contributed by atoms with van der Waals surface area (Å²) in [6.07, 6.45) is 4.59.